The van der Waals surface area contributed by atoms with Crippen molar-refractivity contribution in [2.24, 2.45) is 5.92 Å². The van der Waals surface area contributed by atoms with Crippen LogP contribution in [0, 0.1) is 5.92 Å². The molecule has 0 saturated carbocycles. The molecule has 0 saturated heterocycles. The van der Waals surface area contributed by atoms with E-state index < -0.39 is 5.97 Å². The molecule has 0 fully saturated rings. The Morgan fingerprint density at radius 1 is 1.50 bits per heavy atom. The fourth-order valence-corrected chi connectivity index (χ4v) is 1.01. The molecule has 0 amide bonds. The molecule has 10 heavy (non-hydrogen) atoms. The molecule has 0 spiro atoms. The molecule has 3 heteroatoms. The molecule has 1 aliphatic rings. The standard InChI is InChI=1S/C7H10O2.Na/c8-7(9)6-4-2-1-3-5-6;/h1-2,6H,3-5H2,(H,8,9);/q;+1/p-1. The van der Waals surface area contributed by atoms with Crippen LogP contribution < -0.4 is 34.7 Å². The molecule has 0 heterocycles. The number of hydrogen-bond acceptors (Lipinski definition) is 2. The smallest absolute Gasteiger partial charge is 0.550 e. The summed E-state index contributed by atoms with van der Waals surface area (Å²) >= 11 is 0. The summed E-state index contributed by atoms with van der Waals surface area (Å²) in [7, 11) is 0. The quantitative estimate of drug-likeness (QED) is 0.295. The summed E-state index contributed by atoms with van der Waals surface area (Å²) in [4.78, 5) is 10.2. The minimum atomic E-state index is -0.903. The third kappa shape index (κ3) is 2.86. The number of hydrogen-bond donors (Lipinski definition) is 0. The Morgan fingerprint density at radius 2 is 2.20 bits per heavy atom. The fraction of sp³-hybridized carbons (Fsp3) is 0.571. The molecule has 0 N–H and O–H groups in total. The van der Waals surface area contributed by atoms with Gasteiger partial charge in [-0.15, -0.1) is 0 Å². The van der Waals surface area contributed by atoms with Gasteiger partial charge in [0.25, 0.3) is 0 Å². The van der Waals surface area contributed by atoms with Gasteiger partial charge in [0, 0.05) is 11.9 Å². The van der Waals surface area contributed by atoms with Crippen LogP contribution in [0.25, 0.3) is 0 Å². The maximum absolute atomic E-state index is 10.2. The van der Waals surface area contributed by atoms with E-state index in [2.05, 4.69) is 0 Å². The normalized spacial score (nSPS) is 23.4. The van der Waals surface area contributed by atoms with Gasteiger partial charge in [-0.25, -0.2) is 0 Å². The molecular formula is C7H9NaO2. The van der Waals surface area contributed by atoms with E-state index in [4.69, 9.17) is 0 Å². The zero-order valence-electron chi connectivity index (χ0n) is 6.17. The molecule has 0 aromatic rings. The summed E-state index contributed by atoms with van der Waals surface area (Å²) in [5, 5.41) is 10.2. The third-order valence-electron chi connectivity index (χ3n) is 1.60. The topological polar surface area (TPSA) is 40.1 Å². The maximum Gasteiger partial charge on any atom is 1.00 e. The number of carbonyl (C=O) groups excluding carboxylic acids is 1. The second kappa shape index (κ2) is 4.94. The van der Waals surface area contributed by atoms with Gasteiger partial charge in [-0.05, 0) is 19.3 Å². The Kier molecular flexibility index (Phi) is 5.04. The molecule has 1 aliphatic carbocycles. The predicted octanol–water partition coefficient (Wildman–Crippen LogP) is -2.90. The first kappa shape index (κ1) is 10.2. The first-order valence-electron chi connectivity index (χ1n) is 3.16. The van der Waals surface area contributed by atoms with Gasteiger partial charge in [-0.1, -0.05) is 12.2 Å². The van der Waals surface area contributed by atoms with Crippen molar-refractivity contribution >= 4 is 5.97 Å². The Labute approximate surface area is 82.6 Å². The molecule has 0 radical (unpaired) electrons. The van der Waals surface area contributed by atoms with Crippen LogP contribution in [0.4, 0.5) is 0 Å². The van der Waals surface area contributed by atoms with Crippen LogP contribution in [0.3, 0.4) is 0 Å². The molecule has 1 rings (SSSR count). The Morgan fingerprint density at radius 3 is 2.50 bits per heavy atom. The second-order valence-corrected chi connectivity index (χ2v) is 2.30. The Hall–Kier alpha value is 0.210. The fourth-order valence-electron chi connectivity index (χ4n) is 1.01. The molecular weight excluding hydrogens is 139 g/mol. The number of rotatable bonds is 1. The molecule has 1 atom stereocenters. The van der Waals surface area contributed by atoms with Crippen LogP contribution in [-0.4, -0.2) is 5.97 Å². The van der Waals surface area contributed by atoms with Crippen molar-refractivity contribution in [1.82, 2.24) is 0 Å². The van der Waals surface area contributed by atoms with Gasteiger partial charge >= 0.3 is 29.6 Å². The average Bonchev–Trinajstić information content (AvgIpc) is 1.90. The first-order chi connectivity index (χ1) is 4.30. The van der Waals surface area contributed by atoms with E-state index in [9.17, 15) is 9.90 Å². The van der Waals surface area contributed by atoms with Crippen LogP contribution >= 0.6 is 0 Å². The minimum Gasteiger partial charge on any atom is -0.550 e. The largest absolute Gasteiger partial charge is 1.00 e. The van der Waals surface area contributed by atoms with Crippen molar-refractivity contribution in [2.75, 3.05) is 0 Å². The SMILES string of the molecule is O=C([O-])C1CC=CCC1.[Na+]. The summed E-state index contributed by atoms with van der Waals surface area (Å²) in [6.45, 7) is 0. The number of carbonyl (C=O) groups is 1. The van der Waals surface area contributed by atoms with Crippen molar-refractivity contribution < 1.29 is 39.5 Å². The zero-order valence-corrected chi connectivity index (χ0v) is 8.17. The number of aliphatic carboxylic acids is 1. The van der Waals surface area contributed by atoms with Crippen molar-refractivity contribution in [3.8, 4) is 0 Å². The van der Waals surface area contributed by atoms with Crippen LogP contribution in [0.15, 0.2) is 12.2 Å². The Balaban J connectivity index is 0.000000810. The van der Waals surface area contributed by atoms with Gasteiger partial charge in [-0.3, -0.25) is 0 Å². The average molecular weight is 148 g/mol. The third-order valence-corrected chi connectivity index (χ3v) is 1.60. The second-order valence-electron chi connectivity index (χ2n) is 2.30. The van der Waals surface area contributed by atoms with Crippen molar-refractivity contribution in [1.29, 1.82) is 0 Å². The van der Waals surface area contributed by atoms with Crippen molar-refractivity contribution in [3.05, 3.63) is 12.2 Å². The molecule has 0 aromatic carbocycles. The van der Waals surface area contributed by atoms with Gasteiger partial charge in [0.15, 0.2) is 0 Å². The van der Waals surface area contributed by atoms with Gasteiger partial charge in [-0.2, -0.15) is 0 Å². The molecule has 0 aromatic heterocycles. The van der Waals surface area contributed by atoms with Crippen molar-refractivity contribution in [2.45, 2.75) is 19.3 Å². The van der Waals surface area contributed by atoms with E-state index in [1.165, 1.54) is 0 Å². The van der Waals surface area contributed by atoms with E-state index >= 15 is 0 Å². The molecule has 0 aliphatic heterocycles. The summed E-state index contributed by atoms with van der Waals surface area (Å²) < 4.78 is 0. The molecule has 50 valence electrons. The van der Waals surface area contributed by atoms with Gasteiger partial charge in [0.1, 0.15) is 0 Å². The zero-order chi connectivity index (χ0) is 6.69. The molecule has 2 nitrogen and oxygen atoms in total. The predicted molar refractivity (Wildman–Crippen MR) is 31.5 cm³/mol. The van der Waals surface area contributed by atoms with Crippen molar-refractivity contribution in [3.63, 3.8) is 0 Å². The summed E-state index contributed by atoms with van der Waals surface area (Å²) in [5.41, 5.74) is 0. The van der Waals surface area contributed by atoms with E-state index in [0.29, 0.717) is 6.42 Å². The van der Waals surface area contributed by atoms with Crippen LogP contribution in [0.5, 0.6) is 0 Å². The van der Waals surface area contributed by atoms with Gasteiger partial charge in [0.05, 0.1) is 0 Å². The number of carboxylic acid groups (broad SMARTS) is 1. The van der Waals surface area contributed by atoms with Gasteiger partial charge in [0.2, 0.25) is 0 Å². The summed E-state index contributed by atoms with van der Waals surface area (Å²) in [6.07, 6.45) is 6.21. The van der Waals surface area contributed by atoms with Gasteiger partial charge < -0.3 is 9.90 Å². The number of carboxylic acids is 1. The van der Waals surface area contributed by atoms with Crippen LogP contribution in [0.1, 0.15) is 19.3 Å². The van der Waals surface area contributed by atoms with E-state index in [0.717, 1.165) is 12.8 Å². The summed E-state index contributed by atoms with van der Waals surface area (Å²) in [6, 6.07) is 0. The number of allylic oxidation sites excluding steroid dienone is 2. The minimum absolute atomic E-state index is 0. The van der Waals surface area contributed by atoms with Crippen LogP contribution in [-0.2, 0) is 4.79 Å². The van der Waals surface area contributed by atoms with E-state index in [1.54, 1.807) is 0 Å². The monoisotopic (exact) mass is 148 g/mol. The van der Waals surface area contributed by atoms with E-state index in [1.807, 2.05) is 12.2 Å². The molecule has 0 bridgehead atoms. The Bertz CT molecular complexity index is 143. The maximum atomic E-state index is 10.2. The summed E-state index contributed by atoms with van der Waals surface area (Å²) in [5.74, 6) is -1.13. The molecule has 1 unspecified atom stereocenters. The van der Waals surface area contributed by atoms with Crippen LogP contribution in [0.2, 0.25) is 0 Å². The first-order valence-corrected chi connectivity index (χ1v) is 3.16. The van der Waals surface area contributed by atoms with E-state index in [-0.39, 0.29) is 35.5 Å².